The Balaban J connectivity index is 3.00. The fourth-order valence-corrected chi connectivity index (χ4v) is 0.831. The predicted molar refractivity (Wildman–Crippen MR) is 46.2 cm³/mol. The summed E-state index contributed by atoms with van der Waals surface area (Å²) >= 11 is 0. The topological polar surface area (TPSA) is 84.1 Å². The number of Topliss-reactive ketones (excluding diaryl/α,β-unsaturated/α-hetero) is 1. The number of nitrogens with one attached hydrogen (secondary N) is 1. The molecule has 0 aliphatic rings. The highest BCUT2D eigenvalue weighted by Crippen LogP contribution is 2.11. The van der Waals surface area contributed by atoms with E-state index in [0.717, 1.165) is 0 Å². The number of nitrogens with zero attached hydrogens (tertiary/aromatic N) is 1. The fourth-order valence-electron chi connectivity index (χ4n) is 0.831. The van der Waals surface area contributed by atoms with Crippen LogP contribution in [0.4, 0.5) is 5.69 Å². The van der Waals surface area contributed by atoms with Crippen molar-refractivity contribution < 1.29 is 9.72 Å². The highest BCUT2D eigenvalue weighted by Gasteiger charge is 2.06. The molecule has 13 heavy (non-hydrogen) atoms. The Labute approximate surface area is 73.7 Å². The Morgan fingerprint density at radius 2 is 1.92 bits per heavy atom. The molecule has 0 fully saturated rings. The number of hydrogen-bond acceptors (Lipinski definition) is 4. The second-order valence-electron chi connectivity index (χ2n) is 2.31. The molecule has 0 saturated carbocycles. The van der Waals surface area contributed by atoms with E-state index in [1.807, 2.05) is 0 Å². The zero-order chi connectivity index (χ0) is 9.84. The number of carbonyl (C=O) groups is 1. The molecule has 0 unspecified atom stereocenters. The third-order valence-corrected chi connectivity index (χ3v) is 1.49. The van der Waals surface area contributed by atoms with Gasteiger partial charge in [-0.25, -0.2) is 0 Å². The van der Waals surface area contributed by atoms with Gasteiger partial charge >= 0.3 is 0 Å². The van der Waals surface area contributed by atoms with Gasteiger partial charge in [0.05, 0.1) is 11.1 Å². The normalized spacial score (nSPS) is 9.23. The lowest BCUT2D eigenvalue weighted by molar-refractivity contribution is -0.384. The second-order valence-corrected chi connectivity index (χ2v) is 2.31. The van der Waals surface area contributed by atoms with Crippen LogP contribution >= 0.6 is 0 Å². The lowest BCUT2D eigenvalue weighted by atomic mass is 10.1. The summed E-state index contributed by atoms with van der Waals surface area (Å²) in [6.45, 7) is 0. The molecule has 0 bridgehead atoms. The number of rotatable bonds is 3. The van der Waals surface area contributed by atoms with E-state index in [0.29, 0.717) is 6.21 Å². The van der Waals surface area contributed by atoms with Crippen molar-refractivity contribution >= 4 is 17.7 Å². The third-order valence-electron chi connectivity index (χ3n) is 1.49. The molecule has 1 aromatic carbocycles. The maximum Gasteiger partial charge on any atom is 0.269 e. The number of nitro benzene ring substituents is 1. The van der Waals surface area contributed by atoms with Gasteiger partial charge in [0.15, 0.2) is 0 Å². The average Bonchev–Trinajstić information content (AvgIpc) is 2.17. The molecule has 0 amide bonds. The quantitative estimate of drug-likeness (QED) is 0.329. The van der Waals surface area contributed by atoms with Crippen molar-refractivity contribution in [2.24, 2.45) is 0 Å². The van der Waals surface area contributed by atoms with E-state index in [1.165, 1.54) is 24.3 Å². The van der Waals surface area contributed by atoms with Crippen LogP contribution in [0.25, 0.3) is 0 Å². The molecule has 0 atom stereocenters. The van der Waals surface area contributed by atoms with Gasteiger partial charge in [-0.05, 0) is 12.1 Å². The summed E-state index contributed by atoms with van der Waals surface area (Å²) in [5.74, 6) is -0.463. The molecule has 0 heterocycles. The van der Waals surface area contributed by atoms with Gasteiger partial charge < -0.3 is 5.41 Å². The minimum atomic E-state index is -0.543. The lowest BCUT2D eigenvalue weighted by Crippen LogP contribution is -1.98. The Morgan fingerprint density at radius 3 is 2.31 bits per heavy atom. The summed E-state index contributed by atoms with van der Waals surface area (Å²) in [6.07, 6.45) is 0.668. The molecule has 1 rings (SSSR count). The molecule has 0 aliphatic carbocycles. The smallest absolute Gasteiger partial charge is 0.269 e. The Bertz CT molecular complexity index is 356. The Hall–Kier alpha value is -2.04. The van der Waals surface area contributed by atoms with Crippen LogP contribution < -0.4 is 0 Å². The van der Waals surface area contributed by atoms with E-state index in [-0.39, 0.29) is 11.3 Å². The van der Waals surface area contributed by atoms with Crippen LogP contribution in [0.3, 0.4) is 0 Å². The molecule has 1 N–H and O–H groups in total. The van der Waals surface area contributed by atoms with Crippen LogP contribution in [0.15, 0.2) is 24.3 Å². The summed E-state index contributed by atoms with van der Waals surface area (Å²) in [5.41, 5.74) is 0.210. The van der Waals surface area contributed by atoms with Crippen LogP contribution in [0.5, 0.6) is 0 Å². The van der Waals surface area contributed by atoms with Crippen molar-refractivity contribution in [1.29, 1.82) is 5.41 Å². The molecule has 5 nitrogen and oxygen atoms in total. The van der Waals surface area contributed by atoms with E-state index in [2.05, 4.69) is 0 Å². The number of non-ortho nitro benzene ring substituents is 1. The summed E-state index contributed by atoms with van der Waals surface area (Å²) in [6, 6.07) is 5.12. The minimum Gasteiger partial charge on any atom is -0.305 e. The van der Waals surface area contributed by atoms with E-state index < -0.39 is 10.7 Å². The maximum absolute atomic E-state index is 10.9. The fraction of sp³-hybridized carbons (Fsp3) is 0. The van der Waals surface area contributed by atoms with Gasteiger partial charge in [-0.15, -0.1) is 0 Å². The van der Waals surface area contributed by atoms with E-state index in [9.17, 15) is 14.9 Å². The monoisotopic (exact) mass is 178 g/mol. The van der Waals surface area contributed by atoms with E-state index >= 15 is 0 Å². The first-order chi connectivity index (χ1) is 6.15. The van der Waals surface area contributed by atoms with Crippen LogP contribution in [-0.4, -0.2) is 16.9 Å². The second kappa shape index (κ2) is 3.57. The van der Waals surface area contributed by atoms with Gasteiger partial charge in [-0.1, -0.05) is 0 Å². The van der Waals surface area contributed by atoms with Gasteiger partial charge in [0.25, 0.3) is 5.69 Å². The molecular formula is C8H6N2O3. The number of ketones is 1. The number of benzene rings is 1. The maximum atomic E-state index is 10.9. The number of carbonyl (C=O) groups excluding carboxylic acids is 1. The highest BCUT2D eigenvalue weighted by atomic mass is 16.6. The Kier molecular flexibility index (Phi) is 2.49. The van der Waals surface area contributed by atoms with Crippen molar-refractivity contribution in [3.63, 3.8) is 0 Å². The van der Waals surface area contributed by atoms with Crippen molar-refractivity contribution in [2.75, 3.05) is 0 Å². The standard InChI is InChI=1S/C8H6N2O3/c9-5-8(11)6-1-3-7(4-2-6)10(12)13/h1-5,9H. The highest BCUT2D eigenvalue weighted by molar-refractivity contribution is 6.34. The molecule has 0 spiro atoms. The van der Waals surface area contributed by atoms with Crippen LogP contribution in [0.2, 0.25) is 0 Å². The molecule has 0 saturated heterocycles. The molecule has 0 aromatic heterocycles. The van der Waals surface area contributed by atoms with Crippen molar-refractivity contribution in [3.05, 3.63) is 39.9 Å². The van der Waals surface area contributed by atoms with E-state index in [1.54, 1.807) is 0 Å². The number of nitro groups is 1. The first kappa shape index (κ1) is 9.05. The van der Waals surface area contributed by atoms with Crippen LogP contribution in [-0.2, 0) is 0 Å². The summed E-state index contributed by atoms with van der Waals surface area (Å²) in [4.78, 5) is 20.6. The number of hydrogen-bond donors (Lipinski definition) is 1. The van der Waals surface area contributed by atoms with Gasteiger partial charge in [-0.3, -0.25) is 14.9 Å². The summed E-state index contributed by atoms with van der Waals surface area (Å²) in [5, 5.41) is 16.9. The largest absolute Gasteiger partial charge is 0.305 e. The molecule has 1 aromatic rings. The average molecular weight is 178 g/mol. The molecule has 5 heteroatoms. The molecular weight excluding hydrogens is 172 g/mol. The van der Waals surface area contributed by atoms with Crippen LogP contribution in [0.1, 0.15) is 10.4 Å². The van der Waals surface area contributed by atoms with Gasteiger partial charge in [0.1, 0.15) is 0 Å². The van der Waals surface area contributed by atoms with Gasteiger partial charge in [0.2, 0.25) is 5.78 Å². The zero-order valence-electron chi connectivity index (χ0n) is 6.56. The van der Waals surface area contributed by atoms with Gasteiger partial charge in [0, 0.05) is 17.7 Å². The van der Waals surface area contributed by atoms with E-state index in [4.69, 9.17) is 5.41 Å². The Morgan fingerprint density at radius 1 is 1.38 bits per heavy atom. The van der Waals surface area contributed by atoms with Crippen LogP contribution in [0, 0.1) is 15.5 Å². The first-order valence-corrected chi connectivity index (χ1v) is 3.44. The molecule has 66 valence electrons. The summed E-state index contributed by atoms with van der Waals surface area (Å²) < 4.78 is 0. The minimum absolute atomic E-state index is 0.0680. The van der Waals surface area contributed by atoms with Gasteiger partial charge in [-0.2, -0.15) is 0 Å². The zero-order valence-corrected chi connectivity index (χ0v) is 6.56. The molecule has 0 aliphatic heterocycles. The third kappa shape index (κ3) is 1.96. The van der Waals surface area contributed by atoms with Crippen molar-refractivity contribution in [2.45, 2.75) is 0 Å². The summed E-state index contributed by atoms with van der Waals surface area (Å²) in [7, 11) is 0. The van der Waals surface area contributed by atoms with Crippen molar-refractivity contribution in [1.82, 2.24) is 0 Å². The lowest BCUT2D eigenvalue weighted by Gasteiger charge is -1.93. The first-order valence-electron chi connectivity index (χ1n) is 3.44. The molecule has 0 radical (unpaired) electrons. The van der Waals surface area contributed by atoms with Crippen molar-refractivity contribution in [3.8, 4) is 0 Å². The predicted octanol–water partition coefficient (Wildman–Crippen LogP) is 1.43. The SMILES string of the molecule is N=CC(=O)c1ccc([N+](=O)[O-])cc1.